The Morgan fingerprint density at radius 1 is 1.26 bits per heavy atom. The molecule has 1 aromatic carbocycles. The number of hydrogen-bond acceptors (Lipinski definition) is 11. The number of hydrogen-bond donors (Lipinski definition) is 4. The van der Waals surface area contributed by atoms with E-state index >= 15 is 0 Å². The highest BCUT2D eigenvalue weighted by Gasteiger charge is 2.28. The number of ether oxygens (including phenoxy) is 1. The quantitative estimate of drug-likeness (QED) is 0.241. The lowest BCUT2D eigenvalue weighted by molar-refractivity contribution is -0.00251. The smallest absolute Gasteiger partial charge is 0.261 e. The van der Waals surface area contributed by atoms with Crippen LogP contribution in [0.5, 0.6) is 5.75 Å². The van der Waals surface area contributed by atoms with Gasteiger partial charge in [-0.15, -0.1) is 11.3 Å². The van der Waals surface area contributed by atoms with Crippen LogP contribution >= 0.6 is 11.3 Å². The summed E-state index contributed by atoms with van der Waals surface area (Å²) in [5, 5.41) is 28.4. The SMILES string of the molecule is CS(=O)(=O)O.Cc1nc([C@](C)(O)CO)sc1-c1cnc(N)c(O[C@H](C)c2cc(F)ccc2-n2nccn2)c1. The van der Waals surface area contributed by atoms with Crippen LogP contribution in [0.4, 0.5) is 10.2 Å². The van der Waals surface area contributed by atoms with Gasteiger partial charge < -0.3 is 20.7 Å². The fraction of sp³-hybridized carbons (Fsp3) is 0.304. The lowest BCUT2D eigenvalue weighted by Crippen LogP contribution is -2.25. The van der Waals surface area contributed by atoms with E-state index in [1.807, 2.05) is 0 Å². The molecule has 0 spiro atoms. The van der Waals surface area contributed by atoms with Crippen LogP contribution in [-0.4, -0.2) is 61.0 Å². The van der Waals surface area contributed by atoms with Crippen molar-refractivity contribution in [3.8, 4) is 21.9 Å². The maximum atomic E-state index is 14.0. The highest BCUT2D eigenvalue weighted by molar-refractivity contribution is 7.85. The molecule has 0 saturated carbocycles. The van der Waals surface area contributed by atoms with Gasteiger partial charge in [0.05, 0.1) is 41.5 Å². The van der Waals surface area contributed by atoms with Gasteiger partial charge in [-0.25, -0.2) is 14.4 Å². The normalized spacial score (nSPS) is 13.8. The topological polar surface area (TPSA) is 187 Å². The van der Waals surface area contributed by atoms with Crippen LogP contribution in [0.15, 0.2) is 42.9 Å². The van der Waals surface area contributed by atoms with Crippen LogP contribution in [0.2, 0.25) is 0 Å². The van der Waals surface area contributed by atoms with Gasteiger partial charge in [-0.05, 0) is 45.0 Å². The van der Waals surface area contributed by atoms with Gasteiger partial charge in [-0.2, -0.15) is 23.4 Å². The maximum Gasteiger partial charge on any atom is 0.261 e. The summed E-state index contributed by atoms with van der Waals surface area (Å²) >= 11 is 1.25. The van der Waals surface area contributed by atoms with Crippen molar-refractivity contribution in [3.63, 3.8) is 0 Å². The van der Waals surface area contributed by atoms with E-state index < -0.39 is 34.2 Å². The molecule has 3 aromatic heterocycles. The number of benzene rings is 1. The van der Waals surface area contributed by atoms with Gasteiger partial charge >= 0.3 is 0 Å². The summed E-state index contributed by atoms with van der Waals surface area (Å²) in [6.07, 6.45) is 4.77. The number of aliphatic hydroxyl groups is 2. The molecule has 0 bridgehead atoms. The monoisotopic (exact) mass is 566 g/mol. The van der Waals surface area contributed by atoms with Crippen molar-refractivity contribution >= 4 is 27.3 Å². The average Bonchev–Trinajstić information content (AvgIpc) is 3.50. The van der Waals surface area contributed by atoms with Crippen molar-refractivity contribution in [1.29, 1.82) is 0 Å². The molecule has 0 aliphatic heterocycles. The molecule has 0 radical (unpaired) electrons. The average molecular weight is 567 g/mol. The predicted molar refractivity (Wildman–Crippen MR) is 139 cm³/mol. The Balaban J connectivity index is 0.000000732. The van der Waals surface area contributed by atoms with Crippen LogP contribution in [0, 0.1) is 12.7 Å². The van der Waals surface area contributed by atoms with Gasteiger partial charge in [-0.1, -0.05) is 0 Å². The standard InChI is InChI=1S/C22H23FN6O3S.CH4O3S/c1-12-19(33-21(28-12)22(3,31)11-30)14-8-18(20(24)25-10-14)32-13(2)16-9-15(23)4-5-17(16)29-26-6-7-27-29;1-5(2,3)4/h4-10,13,30-31H,11H2,1-3H3,(H2,24,25);1H3,(H,2,3,4)/t13-,22-;/m1./s1. The minimum absolute atomic E-state index is 0.172. The number of thiazole rings is 1. The predicted octanol–water partition coefficient (Wildman–Crippen LogP) is 2.66. The van der Waals surface area contributed by atoms with E-state index in [9.17, 15) is 23.0 Å². The first kappa shape index (κ1) is 29.1. The second-order valence-corrected chi connectivity index (χ2v) is 11.0. The third-order valence-electron chi connectivity index (χ3n) is 5.07. The van der Waals surface area contributed by atoms with E-state index in [0.29, 0.717) is 39.5 Å². The number of aryl methyl sites for hydroxylation is 1. The lowest BCUT2D eigenvalue weighted by Gasteiger charge is -2.19. The number of halogens is 1. The summed E-state index contributed by atoms with van der Waals surface area (Å²) < 4.78 is 46.0. The van der Waals surface area contributed by atoms with Crippen LogP contribution < -0.4 is 10.5 Å². The van der Waals surface area contributed by atoms with Gasteiger partial charge in [0.25, 0.3) is 10.1 Å². The van der Waals surface area contributed by atoms with Gasteiger partial charge in [0.15, 0.2) is 11.6 Å². The van der Waals surface area contributed by atoms with E-state index in [2.05, 4.69) is 20.2 Å². The second kappa shape index (κ2) is 11.5. The number of anilines is 1. The summed E-state index contributed by atoms with van der Waals surface area (Å²) in [5.74, 6) is 0.0670. The van der Waals surface area contributed by atoms with Crippen molar-refractivity contribution in [1.82, 2.24) is 25.0 Å². The third-order valence-corrected chi connectivity index (χ3v) is 6.53. The van der Waals surface area contributed by atoms with E-state index in [-0.39, 0.29) is 5.82 Å². The Hall–Kier alpha value is -3.50. The van der Waals surface area contributed by atoms with E-state index in [1.165, 1.54) is 47.6 Å². The number of nitrogens with two attached hydrogens (primary N) is 1. The van der Waals surface area contributed by atoms with Gasteiger partial charge in [-0.3, -0.25) is 4.55 Å². The minimum Gasteiger partial charge on any atom is -0.482 e. The minimum atomic E-state index is -3.67. The van der Waals surface area contributed by atoms with Crippen molar-refractivity contribution in [2.75, 3.05) is 18.6 Å². The molecule has 4 aromatic rings. The molecule has 0 aliphatic rings. The number of aliphatic hydroxyl groups excluding tert-OH is 1. The van der Waals surface area contributed by atoms with Crippen LogP contribution in [0.1, 0.15) is 36.2 Å². The summed E-state index contributed by atoms with van der Waals surface area (Å²) in [4.78, 5) is 10.8. The first-order valence-corrected chi connectivity index (χ1v) is 13.7. The Morgan fingerprint density at radius 3 is 2.50 bits per heavy atom. The van der Waals surface area contributed by atoms with Gasteiger partial charge in [0.1, 0.15) is 22.5 Å². The van der Waals surface area contributed by atoms with E-state index in [1.54, 1.807) is 32.2 Å². The van der Waals surface area contributed by atoms with Crippen molar-refractivity contribution < 1.29 is 32.3 Å². The first-order chi connectivity index (χ1) is 17.7. The molecular formula is C23H27FN6O6S2. The van der Waals surface area contributed by atoms with Crippen LogP contribution in [0.25, 0.3) is 16.1 Å². The number of pyridine rings is 1. The van der Waals surface area contributed by atoms with Gasteiger partial charge in [0, 0.05) is 17.3 Å². The summed E-state index contributed by atoms with van der Waals surface area (Å²) in [6.45, 7) is 4.62. The Morgan fingerprint density at radius 2 is 1.89 bits per heavy atom. The zero-order chi connectivity index (χ0) is 28.3. The first-order valence-electron chi connectivity index (χ1n) is 11.0. The number of rotatable bonds is 7. The summed E-state index contributed by atoms with van der Waals surface area (Å²) in [5.41, 5.74) is 7.09. The largest absolute Gasteiger partial charge is 0.482 e. The molecule has 0 fully saturated rings. The molecular weight excluding hydrogens is 539 g/mol. The van der Waals surface area contributed by atoms with Crippen molar-refractivity contribution in [2.45, 2.75) is 32.5 Å². The fourth-order valence-corrected chi connectivity index (χ4v) is 4.35. The zero-order valence-corrected chi connectivity index (χ0v) is 22.5. The molecule has 3 heterocycles. The van der Waals surface area contributed by atoms with Crippen molar-refractivity contribution in [2.24, 2.45) is 0 Å². The molecule has 38 heavy (non-hydrogen) atoms. The van der Waals surface area contributed by atoms with Crippen LogP contribution in [0.3, 0.4) is 0 Å². The number of aromatic nitrogens is 5. The van der Waals surface area contributed by atoms with Crippen LogP contribution in [-0.2, 0) is 15.7 Å². The molecule has 204 valence electrons. The lowest BCUT2D eigenvalue weighted by atomic mass is 10.1. The summed E-state index contributed by atoms with van der Waals surface area (Å²) in [7, 11) is -3.67. The molecule has 0 amide bonds. The maximum absolute atomic E-state index is 14.0. The zero-order valence-electron chi connectivity index (χ0n) is 20.9. The molecule has 0 unspecified atom stereocenters. The Bertz CT molecular complexity index is 1500. The van der Waals surface area contributed by atoms with Crippen molar-refractivity contribution in [3.05, 3.63) is 64.9 Å². The summed E-state index contributed by atoms with van der Waals surface area (Å²) in [6, 6.07) is 6.00. The Labute approximate surface area is 222 Å². The highest BCUT2D eigenvalue weighted by Crippen LogP contribution is 2.38. The molecule has 0 aliphatic carbocycles. The van der Waals surface area contributed by atoms with Gasteiger partial charge in [0.2, 0.25) is 0 Å². The molecule has 4 rings (SSSR count). The third kappa shape index (κ3) is 7.29. The number of nitrogens with zero attached hydrogens (tertiary/aromatic N) is 5. The van der Waals surface area contributed by atoms with E-state index in [0.717, 1.165) is 4.88 Å². The number of nitrogen functional groups attached to an aromatic ring is 1. The second-order valence-electron chi connectivity index (χ2n) is 8.49. The molecule has 0 saturated heterocycles. The fourth-order valence-electron chi connectivity index (χ4n) is 3.26. The molecule has 15 heteroatoms. The molecule has 5 N–H and O–H groups in total. The molecule has 12 nitrogen and oxygen atoms in total. The highest BCUT2D eigenvalue weighted by atomic mass is 32.2. The van der Waals surface area contributed by atoms with E-state index in [4.69, 9.17) is 15.0 Å². The molecule has 2 atom stereocenters. The Kier molecular flexibility index (Phi) is 8.79.